The average molecular weight is 556 g/mol. The molecule has 0 aliphatic carbocycles. The molecule has 2 N–H and O–H groups in total. The fourth-order valence-electron chi connectivity index (χ4n) is 4.06. The van der Waals surface area contributed by atoms with Crippen LogP contribution < -0.4 is 5.56 Å². The zero-order valence-corrected chi connectivity index (χ0v) is 21.7. The van der Waals surface area contributed by atoms with E-state index in [0.717, 1.165) is 17.6 Å². The van der Waals surface area contributed by atoms with Crippen LogP contribution in [0.1, 0.15) is 54.4 Å². The highest BCUT2D eigenvalue weighted by Gasteiger charge is 2.38. The Bertz CT molecular complexity index is 1360. The van der Waals surface area contributed by atoms with E-state index < -0.39 is 12.1 Å². The number of thiophene rings is 1. The number of amides is 1. The zero-order chi connectivity index (χ0) is 28.0. The first-order valence-electron chi connectivity index (χ1n) is 12.0. The topological polar surface area (TPSA) is 138 Å². The molecule has 14 heteroatoms. The number of carboxylic acid groups (broad SMARTS) is 1. The maximum Gasteiger partial charge on any atom is 0.490 e. The molecule has 10 nitrogen and oxygen atoms in total. The monoisotopic (exact) mass is 555 g/mol. The van der Waals surface area contributed by atoms with Crippen molar-refractivity contribution in [3.8, 4) is 0 Å². The lowest BCUT2D eigenvalue weighted by Crippen LogP contribution is -2.40. The van der Waals surface area contributed by atoms with Gasteiger partial charge < -0.3 is 15.0 Å². The van der Waals surface area contributed by atoms with Crippen LogP contribution in [0, 0.1) is 12.8 Å². The first-order valence-corrected chi connectivity index (χ1v) is 12.9. The van der Waals surface area contributed by atoms with Gasteiger partial charge in [-0.1, -0.05) is 0 Å². The van der Waals surface area contributed by atoms with Crippen molar-refractivity contribution >= 4 is 39.2 Å². The van der Waals surface area contributed by atoms with Crippen molar-refractivity contribution in [2.24, 2.45) is 5.92 Å². The van der Waals surface area contributed by atoms with Crippen molar-refractivity contribution in [2.75, 3.05) is 13.1 Å². The van der Waals surface area contributed by atoms with E-state index in [1.807, 2.05) is 24.1 Å². The third-order valence-corrected chi connectivity index (χ3v) is 7.25. The van der Waals surface area contributed by atoms with Gasteiger partial charge in [0.2, 0.25) is 5.91 Å². The molecule has 0 atom stereocenters. The van der Waals surface area contributed by atoms with E-state index in [4.69, 9.17) is 9.90 Å². The number of halogens is 3. The van der Waals surface area contributed by atoms with Gasteiger partial charge in [-0.3, -0.25) is 19.1 Å². The number of carbonyl (C=O) groups excluding carboxylic acids is 2. The number of piperidine rings is 1. The largest absolute Gasteiger partial charge is 0.490 e. The summed E-state index contributed by atoms with van der Waals surface area (Å²) in [5.41, 5.74) is 2.31. The van der Waals surface area contributed by atoms with Gasteiger partial charge in [-0.25, -0.2) is 9.78 Å². The third kappa shape index (κ3) is 7.27. The second-order valence-corrected chi connectivity index (χ2v) is 9.75. The maximum absolute atomic E-state index is 12.7. The number of nitrogens with zero attached hydrogens (tertiary/aromatic N) is 4. The van der Waals surface area contributed by atoms with Crippen molar-refractivity contribution in [2.45, 2.75) is 58.7 Å². The number of rotatable bonds is 7. The summed E-state index contributed by atoms with van der Waals surface area (Å²) in [5.74, 6) is -1.95. The number of H-pyrrole nitrogens is 1. The Balaban J connectivity index is 0.000000505. The highest BCUT2D eigenvalue weighted by molar-refractivity contribution is 7.17. The molecule has 0 radical (unpaired) electrons. The van der Waals surface area contributed by atoms with Gasteiger partial charge in [0.05, 0.1) is 17.3 Å². The van der Waals surface area contributed by atoms with Crippen LogP contribution in [0.15, 0.2) is 22.6 Å². The van der Waals surface area contributed by atoms with E-state index in [0.29, 0.717) is 61.3 Å². The fraction of sp³-hybridized carbons (Fsp3) is 0.500. The number of aromatic nitrogens is 4. The number of ketones is 1. The van der Waals surface area contributed by atoms with Crippen LogP contribution in [0.5, 0.6) is 0 Å². The number of Topliss-reactive ketones (excluding diaryl/α,β-unsaturated/α-hetero) is 1. The van der Waals surface area contributed by atoms with E-state index in [2.05, 4.69) is 15.1 Å². The number of aliphatic carboxylic acids is 1. The summed E-state index contributed by atoms with van der Waals surface area (Å²) in [4.78, 5) is 55.6. The maximum atomic E-state index is 12.7. The lowest BCUT2D eigenvalue weighted by Gasteiger charge is -2.31. The number of carboxylic acids is 1. The summed E-state index contributed by atoms with van der Waals surface area (Å²) >= 11 is 1.40. The normalized spacial score (nSPS) is 14.3. The Morgan fingerprint density at radius 1 is 1.24 bits per heavy atom. The van der Waals surface area contributed by atoms with Crippen LogP contribution in [0.25, 0.3) is 10.2 Å². The Kier molecular flexibility index (Phi) is 9.41. The average Bonchev–Trinajstić information content (AvgIpc) is 3.51. The number of hydrogen-bond acceptors (Lipinski definition) is 7. The molecule has 38 heavy (non-hydrogen) atoms. The van der Waals surface area contributed by atoms with Crippen LogP contribution in [-0.4, -0.2) is 66.7 Å². The van der Waals surface area contributed by atoms with Crippen LogP contribution in [0.3, 0.4) is 0 Å². The molecule has 1 aliphatic rings. The number of nitrogens with one attached hydrogen (secondary N) is 1. The van der Waals surface area contributed by atoms with Crippen molar-refractivity contribution in [1.29, 1.82) is 0 Å². The summed E-state index contributed by atoms with van der Waals surface area (Å²) in [6.45, 7) is 5.88. The highest BCUT2D eigenvalue weighted by Crippen LogP contribution is 2.23. The molecule has 4 heterocycles. The predicted octanol–water partition coefficient (Wildman–Crippen LogP) is 3.59. The minimum absolute atomic E-state index is 0.0478. The molecule has 1 saturated heterocycles. The lowest BCUT2D eigenvalue weighted by molar-refractivity contribution is -0.192. The Labute approximate surface area is 219 Å². The number of likely N-dealkylation sites (tertiary alicyclic amines) is 1. The van der Waals surface area contributed by atoms with E-state index in [1.165, 1.54) is 11.3 Å². The molecule has 0 saturated carbocycles. The van der Waals surface area contributed by atoms with E-state index >= 15 is 0 Å². The molecule has 206 valence electrons. The first-order chi connectivity index (χ1) is 17.9. The molecule has 0 bridgehead atoms. The SMILES string of the molecule is CCn1cc(C(=O)C2CCN(C(=O)CCCc3nc4c(C)csc4c(=O)[nH]3)CC2)cn1.O=C(O)C(F)(F)F. The van der Waals surface area contributed by atoms with Gasteiger partial charge >= 0.3 is 12.1 Å². The Hall–Kier alpha value is -3.55. The molecule has 1 aliphatic heterocycles. The van der Waals surface area contributed by atoms with E-state index in [-0.39, 0.29) is 23.2 Å². The van der Waals surface area contributed by atoms with Gasteiger partial charge in [0.25, 0.3) is 5.56 Å². The van der Waals surface area contributed by atoms with Gasteiger partial charge in [-0.2, -0.15) is 18.3 Å². The van der Waals surface area contributed by atoms with Gasteiger partial charge in [-0.05, 0) is 44.1 Å². The van der Waals surface area contributed by atoms with E-state index in [1.54, 1.807) is 17.1 Å². The molecule has 0 spiro atoms. The number of alkyl halides is 3. The number of hydrogen-bond donors (Lipinski definition) is 2. The smallest absolute Gasteiger partial charge is 0.475 e. The van der Waals surface area contributed by atoms with Crippen LogP contribution >= 0.6 is 11.3 Å². The Morgan fingerprint density at radius 2 is 1.89 bits per heavy atom. The van der Waals surface area contributed by atoms with Crippen LogP contribution in [0.2, 0.25) is 0 Å². The molecule has 1 amide bonds. The summed E-state index contributed by atoms with van der Waals surface area (Å²) in [6, 6.07) is 0. The van der Waals surface area contributed by atoms with Crippen LogP contribution in [0.4, 0.5) is 13.2 Å². The molecule has 4 rings (SSSR count). The van der Waals surface area contributed by atoms with Crippen molar-refractivity contribution in [1.82, 2.24) is 24.6 Å². The molecular formula is C24H28F3N5O5S. The third-order valence-electron chi connectivity index (χ3n) is 6.16. The lowest BCUT2D eigenvalue weighted by atomic mass is 9.90. The highest BCUT2D eigenvalue weighted by atomic mass is 32.1. The fourth-order valence-corrected chi connectivity index (χ4v) is 4.95. The van der Waals surface area contributed by atoms with Crippen molar-refractivity contribution < 1.29 is 32.7 Å². The molecule has 1 fully saturated rings. The molecule has 0 aromatic carbocycles. The second kappa shape index (κ2) is 12.3. The van der Waals surface area contributed by atoms with Crippen molar-refractivity contribution in [3.05, 3.63) is 45.1 Å². The second-order valence-electron chi connectivity index (χ2n) is 8.87. The van der Waals surface area contributed by atoms with Crippen molar-refractivity contribution in [3.63, 3.8) is 0 Å². The van der Waals surface area contributed by atoms with Gasteiger partial charge in [-0.15, -0.1) is 11.3 Å². The van der Waals surface area contributed by atoms with E-state index in [9.17, 15) is 27.6 Å². The number of carbonyl (C=O) groups is 3. The summed E-state index contributed by atoms with van der Waals surface area (Å²) in [7, 11) is 0. The first kappa shape index (κ1) is 29.0. The van der Waals surface area contributed by atoms with Crippen LogP contribution in [-0.2, 0) is 22.6 Å². The quantitative estimate of drug-likeness (QED) is 0.425. The summed E-state index contributed by atoms with van der Waals surface area (Å²) in [6.07, 6.45) is 1.32. The number of aryl methyl sites for hydroxylation is 3. The summed E-state index contributed by atoms with van der Waals surface area (Å²) in [5, 5.41) is 13.2. The number of aromatic amines is 1. The molecule has 3 aromatic rings. The minimum Gasteiger partial charge on any atom is -0.475 e. The summed E-state index contributed by atoms with van der Waals surface area (Å²) < 4.78 is 34.1. The van der Waals surface area contributed by atoms with Gasteiger partial charge in [0.15, 0.2) is 5.78 Å². The molecular weight excluding hydrogens is 527 g/mol. The Morgan fingerprint density at radius 3 is 2.47 bits per heavy atom. The molecule has 0 unspecified atom stereocenters. The minimum atomic E-state index is -5.08. The number of fused-ring (bicyclic) bond motifs is 1. The zero-order valence-electron chi connectivity index (χ0n) is 20.9. The standard InChI is InChI=1S/C22H27N5O3S.C2HF3O2/c1-3-27-12-16(11-23-27)20(29)15-7-9-26(10-8-15)18(28)6-4-5-17-24-19-14(2)13-31-21(19)22(30)25-17;3-2(4,5)1(6)7/h11-13,15H,3-10H2,1-2H3,(H,24,25,30);(H,6,7). The van der Waals surface area contributed by atoms with Gasteiger partial charge in [0.1, 0.15) is 10.5 Å². The van der Waals surface area contributed by atoms with Gasteiger partial charge in [0, 0.05) is 44.6 Å². The molecule has 3 aromatic heterocycles. The predicted molar refractivity (Wildman–Crippen MR) is 133 cm³/mol.